The van der Waals surface area contributed by atoms with Crippen molar-refractivity contribution in [3.63, 3.8) is 0 Å². The Labute approximate surface area is 107 Å². The van der Waals surface area contributed by atoms with Crippen LogP contribution in [0.3, 0.4) is 0 Å². The van der Waals surface area contributed by atoms with E-state index < -0.39 is 54.8 Å². The van der Waals surface area contributed by atoms with Crippen molar-refractivity contribution in [1.82, 2.24) is 0 Å². The van der Waals surface area contributed by atoms with Gasteiger partial charge in [0.1, 0.15) is 0 Å². The normalized spacial score (nSPS) is 36.5. The lowest BCUT2D eigenvalue weighted by molar-refractivity contribution is -0.376. The molecular weight excluding hydrogens is 310 g/mol. The van der Waals surface area contributed by atoms with Crippen LogP contribution in [0.2, 0.25) is 0 Å². The lowest BCUT2D eigenvalue weighted by Crippen LogP contribution is -2.68. The summed E-state index contributed by atoms with van der Waals surface area (Å²) in [7, 11) is 0. The van der Waals surface area contributed by atoms with E-state index in [4.69, 9.17) is 0 Å². The molecule has 0 spiro atoms. The van der Waals surface area contributed by atoms with Crippen LogP contribution < -0.4 is 0 Å². The first-order chi connectivity index (χ1) is 8.67. The summed E-state index contributed by atoms with van der Waals surface area (Å²) in [5.74, 6) is -8.73. The van der Waals surface area contributed by atoms with E-state index in [1.165, 1.54) is 0 Å². The first-order valence-electron chi connectivity index (χ1n) is 5.56. The number of halogens is 10. The summed E-state index contributed by atoms with van der Waals surface area (Å²) in [6, 6.07) is 0. The molecule has 0 aromatic carbocycles. The van der Waals surface area contributed by atoms with Crippen LogP contribution in [0.1, 0.15) is 26.2 Å². The molecule has 20 heavy (non-hydrogen) atoms. The Balaban J connectivity index is 3.50. The molecule has 0 amide bonds. The first kappa shape index (κ1) is 17.4. The maximum absolute atomic E-state index is 14.1. The highest BCUT2D eigenvalue weighted by Crippen LogP contribution is 2.65. The van der Waals surface area contributed by atoms with Gasteiger partial charge in [-0.2, -0.15) is 35.1 Å². The van der Waals surface area contributed by atoms with Crippen molar-refractivity contribution in [3.8, 4) is 0 Å². The number of hydrogen-bond acceptors (Lipinski definition) is 0. The third-order valence-corrected chi connectivity index (χ3v) is 3.74. The Morgan fingerprint density at radius 1 is 0.950 bits per heavy atom. The van der Waals surface area contributed by atoms with Crippen LogP contribution in [0.15, 0.2) is 0 Å². The fourth-order valence-electron chi connectivity index (χ4n) is 2.63. The van der Waals surface area contributed by atoms with E-state index in [9.17, 15) is 43.9 Å². The van der Waals surface area contributed by atoms with Gasteiger partial charge in [-0.1, -0.05) is 6.92 Å². The van der Waals surface area contributed by atoms with E-state index in [0.717, 1.165) is 6.92 Å². The average Bonchev–Trinajstić information content (AvgIpc) is 2.52. The molecule has 1 aliphatic rings. The van der Waals surface area contributed by atoms with Crippen LogP contribution in [0.5, 0.6) is 0 Å². The highest BCUT2D eigenvalue weighted by Gasteiger charge is 2.87. The van der Waals surface area contributed by atoms with Gasteiger partial charge in [0.05, 0.1) is 0 Å². The fraction of sp³-hybridized carbons (Fsp3) is 1.00. The van der Waals surface area contributed by atoms with Crippen LogP contribution in [0.4, 0.5) is 43.9 Å². The van der Waals surface area contributed by atoms with E-state index in [1.807, 2.05) is 0 Å². The molecule has 0 N–H and O–H groups in total. The highest BCUT2D eigenvalue weighted by molar-refractivity contribution is 5.20. The smallest absolute Gasteiger partial charge is 0.233 e. The summed E-state index contributed by atoms with van der Waals surface area (Å²) >= 11 is 0. The second kappa shape index (κ2) is 4.40. The molecule has 1 rings (SSSR count). The van der Waals surface area contributed by atoms with Crippen molar-refractivity contribution in [2.45, 2.75) is 55.8 Å². The summed E-state index contributed by atoms with van der Waals surface area (Å²) in [5, 5.41) is 0. The van der Waals surface area contributed by atoms with Gasteiger partial charge in [0.2, 0.25) is 11.3 Å². The minimum Gasteiger partial charge on any atom is -0.233 e. The van der Waals surface area contributed by atoms with Gasteiger partial charge in [-0.25, -0.2) is 8.78 Å². The second-order valence-corrected chi connectivity index (χ2v) is 4.73. The predicted molar refractivity (Wildman–Crippen MR) is 47.8 cm³/mol. The van der Waals surface area contributed by atoms with Crippen molar-refractivity contribution in [1.29, 1.82) is 0 Å². The molecule has 0 aromatic rings. The zero-order valence-corrected chi connectivity index (χ0v) is 9.98. The maximum atomic E-state index is 14.1. The second-order valence-electron chi connectivity index (χ2n) is 4.73. The van der Waals surface area contributed by atoms with Crippen molar-refractivity contribution in [3.05, 3.63) is 0 Å². The van der Waals surface area contributed by atoms with Gasteiger partial charge in [-0.15, -0.1) is 0 Å². The summed E-state index contributed by atoms with van der Waals surface area (Å²) in [6.45, 7) is 0.961. The Morgan fingerprint density at radius 2 is 1.40 bits per heavy atom. The maximum Gasteiger partial charge on any atom is 0.456 e. The first-order valence-corrected chi connectivity index (χ1v) is 5.56. The monoisotopic (exact) mass is 320 g/mol. The van der Waals surface area contributed by atoms with Crippen LogP contribution in [0.25, 0.3) is 0 Å². The van der Waals surface area contributed by atoms with Crippen molar-refractivity contribution >= 4 is 0 Å². The lowest BCUT2D eigenvalue weighted by atomic mass is 9.78. The van der Waals surface area contributed by atoms with Gasteiger partial charge < -0.3 is 0 Å². The van der Waals surface area contributed by atoms with Gasteiger partial charge in [-0.3, -0.25) is 0 Å². The SMILES string of the molecule is CCC1CCC(F)(C(F)(F)C(F)(F)F)C1(F)C(F)(F)F. The topological polar surface area (TPSA) is 0 Å². The van der Waals surface area contributed by atoms with Gasteiger partial charge in [0, 0.05) is 5.92 Å². The van der Waals surface area contributed by atoms with Crippen LogP contribution in [-0.4, -0.2) is 29.6 Å². The molecule has 120 valence electrons. The minimum absolute atomic E-state index is 0.713. The quantitative estimate of drug-likeness (QED) is 0.629. The van der Waals surface area contributed by atoms with E-state index in [1.54, 1.807) is 0 Å². The standard InChI is InChI=1S/C10H10F10/c1-2-5-3-4-6(11,7(5,12)9(15,16)17)8(13,14)10(18,19)20/h5H,2-4H2,1H3. The zero-order valence-electron chi connectivity index (χ0n) is 9.98. The Morgan fingerprint density at radius 3 is 1.70 bits per heavy atom. The fourth-order valence-corrected chi connectivity index (χ4v) is 2.63. The molecule has 0 bridgehead atoms. The molecule has 0 heterocycles. The molecule has 1 fully saturated rings. The zero-order chi connectivity index (χ0) is 16.2. The Hall–Kier alpha value is -0.700. The van der Waals surface area contributed by atoms with E-state index in [-0.39, 0.29) is 0 Å². The molecule has 0 aliphatic heterocycles. The molecular formula is C10H10F10. The molecule has 3 atom stereocenters. The number of rotatable bonds is 2. The molecule has 1 aliphatic carbocycles. The van der Waals surface area contributed by atoms with Crippen molar-refractivity contribution in [2.24, 2.45) is 5.92 Å². The average molecular weight is 320 g/mol. The van der Waals surface area contributed by atoms with Gasteiger partial charge >= 0.3 is 18.3 Å². The number of hydrogen-bond donors (Lipinski definition) is 0. The molecule has 0 saturated heterocycles. The molecule has 10 heteroatoms. The van der Waals surface area contributed by atoms with Crippen LogP contribution in [-0.2, 0) is 0 Å². The van der Waals surface area contributed by atoms with Crippen molar-refractivity contribution < 1.29 is 43.9 Å². The summed E-state index contributed by atoms with van der Waals surface area (Å²) in [6.07, 6.45) is -16.4. The van der Waals surface area contributed by atoms with Gasteiger partial charge in [0.25, 0.3) is 0 Å². The van der Waals surface area contributed by atoms with E-state index in [0.29, 0.717) is 0 Å². The Bertz CT molecular complexity index is 369. The molecule has 0 radical (unpaired) electrons. The van der Waals surface area contributed by atoms with Crippen LogP contribution in [0, 0.1) is 5.92 Å². The largest absolute Gasteiger partial charge is 0.456 e. The van der Waals surface area contributed by atoms with Gasteiger partial charge in [0.15, 0.2) is 0 Å². The minimum atomic E-state index is -6.62. The summed E-state index contributed by atoms with van der Waals surface area (Å²) in [4.78, 5) is 0. The third kappa shape index (κ3) is 1.89. The lowest BCUT2D eigenvalue weighted by Gasteiger charge is -2.42. The summed E-state index contributed by atoms with van der Waals surface area (Å²) < 4.78 is 129. The third-order valence-electron chi connectivity index (χ3n) is 3.74. The summed E-state index contributed by atoms with van der Waals surface area (Å²) in [5.41, 5.74) is -10.6. The van der Waals surface area contributed by atoms with E-state index in [2.05, 4.69) is 0 Å². The van der Waals surface area contributed by atoms with Gasteiger partial charge in [-0.05, 0) is 19.3 Å². The van der Waals surface area contributed by atoms with Crippen LogP contribution >= 0.6 is 0 Å². The molecule has 0 aromatic heterocycles. The molecule has 3 unspecified atom stereocenters. The number of alkyl halides is 10. The van der Waals surface area contributed by atoms with E-state index >= 15 is 0 Å². The predicted octanol–water partition coefficient (Wildman–Crippen LogP) is 4.98. The molecule has 0 nitrogen and oxygen atoms in total. The Kier molecular flexibility index (Phi) is 3.81. The van der Waals surface area contributed by atoms with Crippen molar-refractivity contribution in [2.75, 3.05) is 0 Å². The molecule has 1 saturated carbocycles. The highest BCUT2D eigenvalue weighted by atomic mass is 19.4.